The van der Waals surface area contributed by atoms with Crippen LogP contribution in [0.15, 0.2) is 54.6 Å². The Bertz CT molecular complexity index is 1630. The van der Waals surface area contributed by atoms with Crippen molar-refractivity contribution in [3.8, 4) is 22.8 Å². The summed E-state index contributed by atoms with van der Waals surface area (Å²) in [6, 6.07) is 12.5. The van der Waals surface area contributed by atoms with Crippen LogP contribution in [-0.4, -0.2) is 75.4 Å². The van der Waals surface area contributed by atoms with Crippen LogP contribution in [-0.2, 0) is 22.8 Å². The quantitative estimate of drug-likeness (QED) is 0.239. The predicted octanol–water partition coefficient (Wildman–Crippen LogP) is 6.19. The molecule has 0 saturated carbocycles. The van der Waals surface area contributed by atoms with Crippen molar-refractivity contribution in [2.75, 3.05) is 26.2 Å². The molecule has 2 aliphatic heterocycles. The van der Waals surface area contributed by atoms with Gasteiger partial charge in [-0.15, -0.1) is 10.2 Å². The largest absolute Gasteiger partial charge is 0.490 e. The number of hydrogen-bond acceptors (Lipinski definition) is 6. The number of rotatable bonds is 4. The van der Waals surface area contributed by atoms with Crippen LogP contribution in [0.2, 0.25) is 0 Å². The summed E-state index contributed by atoms with van der Waals surface area (Å²) >= 11 is 0. The van der Waals surface area contributed by atoms with Gasteiger partial charge in [0, 0.05) is 31.3 Å². The number of nitrogens with one attached hydrogen (secondary N) is 2. The van der Waals surface area contributed by atoms with Gasteiger partial charge in [0.05, 0.1) is 5.56 Å². The molecule has 0 aliphatic carbocycles. The number of carboxylic acid groups (broad SMARTS) is 2. The standard InChI is InChI=1S/C26H26F3N5.2C2HF3O2/c1-34-24(20-4-2-17(3-5-20)18-8-12-30-13-9-18)32-33-25(34)21-6-7-22(19-10-14-31-15-11-19)23(16-21)26(27,28)29;2*3-2(4,5)1(6)7/h2-8,10,16,30-31H,9,11-15H2,1H3;2*(H,6,7). The average molecular weight is 694 g/mol. The molecular formula is C30H28F9N5O4. The molecule has 3 heterocycles. The van der Waals surface area contributed by atoms with Crippen molar-refractivity contribution in [3.05, 3.63) is 71.3 Å². The number of benzene rings is 2. The van der Waals surface area contributed by atoms with Crippen LogP contribution < -0.4 is 10.6 Å². The zero-order valence-electron chi connectivity index (χ0n) is 24.9. The second-order valence-corrected chi connectivity index (χ2v) is 10.2. The zero-order chi connectivity index (χ0) is 35.9. The number of hydrogen-bond donors (Lipinski definition) is 4. The lowest BCUT2D eigenvalue weighted by molar-refractivity contribution is -0.193. The smallest absolute Gasteiger partial charge is 0.475 e. The zero-order valence-corrected chi connectivity index (χ0v) is 24.9. The summed E-state index contributed by atoms with van der Waals surface area (Å²) in [5, 5.41) is 29.2. The Morgan fingerprint density at radius 3 is 1.52 bits per heavy atom. The number of aliphatic carboxylic acids is 2. The van der Waals surface area contributed by atoms with Gasteiger partial charge in [-0.1, -0.05) is 48.6 Å². The lowest BCUT2D eigenvalue weighted by atomic mass is 9.93. The van der Waals surface area contributed by atoms with Crippen molar-refractivity contribution in [1.82, 2.24) is 25.4 Å². The Hall–Kier alpha value is -4.71. The van der Waals surface area contributed by atoms with Gasteiger partial charge in [0.25, 0.3) is 0 Å². The Labute approximate surface area is 266 Å². The lowest BCUT2D eigenvalue weighted by Gasteiger charge is -2.19. The van der Waals surface area contributed by atoms with Crippen LogP contribution in [0.4, 0.5) is 39.5 Å². The summed E-state index contributed by atoms with van der Waals surface area (Å²) in [6.45, 7) is 3.09. The van der Waals surface area contributed by atoms with E-state index in [4.69, 9.17) is 19.8 Å². The minimum atomic E-state index is -5.08. The number of carbonyl (C=O) groups is 2. The first-order valence-electron chi connectivity index (χ1n) is 13.9. The van der Waals surface area contributed by atoms with Gasteiger partial charge in [-0.3, -0.25) is 0 Å². The van der Waals surface area contributed by atoms with Crippen molar-refractivity contribution in [1.29, 1.82) is 0 Å². The molecule has 5 rings (SSSR count). The molecule has 0 radical (unpaired) electrons. The fourth-order valence-electron chi connectivity index (χ4n) is 4.62. The SMILES string of the molecule is Cn1c(-c2ccc(C3=CCNCC3)cc2)nnc1-c1ccc(C2=CCNCC2)c(C(F)(F)F)c1.O=C(O)C(F)(F)F.O=C(O)C(F)(F)F. The van der Waals surface area contributed by atoms with Crippen molar-refractivity contribution in [3.63, 3.8) is 0 Å². The highest BCUT2D eigenvalue weighted by Gasteiger charge is 2.39. The molecule has 0 atom stereocenters. The van der Waals surface area contributed by atoms with Crippen molar-refractivity contribution in [2.24, 2.45) is 7.05 Å². The summed E-state index contributed by atoms with van der Waals surface area (Å²) in [7, 11) is 1.78. The fourth-order valence-corrected chi connectivity index (χ4v) is 4.62. The highest BCUT2D eigenvalue weighted by atomic mass is 19.4. The Balaban J connectivity index is 0.000000376. The van der Waals surface area contributed by atoms with E-state index in [0.29, 0.717) is 36.7 Å². The number of nitrogens with zero attached hydrogens (tertiary/aromatic N) is 3. The van der Waals surface area contributed by atoms with Crippen LogP contribution in [0, 0.1) is 0 Å². The molecule has 4 N–H and O–H groups in total. The Morgan fingerprint density at radius 2 is 1.10 bits per heavy atom. The minimum Gasteiger partial charge on any atom is -0.475 e. The van der Waals surface area contributed by atoms with Gasteiger partial charge in [-0.05, 0) is 54.3 Å². The highest BCUT2D eigenvalue weighted by Crippen LogP contribution is 2.39. The molecule has 260 valence electrons. The molecule has 0 bridgehead atoms. The average Bonchev–Trinajstić information content (AvgIpc) is 3.42. The molecule has 1 aromatic heterocycles. The van der Waals surface area contributed by atoms with E-state index in [1.165, 1.54) is 17.2 Å². The van der Waals surface area contributed by atoms with Crippen LogP contribution in [0.5, 0.6) is 0 Å². The van der Waals surface area contributed by atoms with Gasteiger partial charge >= 0.3 is 30.5 Å². The molecule has 2 aliphatic rings. The van der Waals surface area contributed by atoms with E-state index in [-0.39, 0.29) is 5.56 Å². The van der Waals surface area contributed by atoms with Crippen LogP contribution >= 0.6 is 0 Å². The number of halogens is 9. The van der Waals surface area contributed by atoms with Gasteiger partial charge in [0.1, 0.15) is 0 Å². The Morgan fingerprint density at radius 1 is 0.688 bits per heavy atom. The van der Waals surface area contributed by atoms with E-state index in [2.05, 4.69) is 39.0 Å². The molecule has 0 fully saturated rings. The summed E-state index contributed by atoms with van der Waals surface area (Å²) < 4.78 is 107. The summed E-state index contributed by atoms with van der Waals surface area (Å²) in [5.74, 6) is -4.50. The maximum atomic E-state index is 14.0. The second-order valence-electron chi connectivity index (χ2n) is 10.2. The summed E-state index contributed by atoms with van der Waals surface area (Å²) in [6.07, 6.45) is -9.05. The topological polar surface area (TPSA) is 129 Å². The number of aromatic nitrogens is 3. The van der Waals surface area contributed by atoms with E-state index in [1.54, 1.807) is 23.7 Å². The third-order valence-corrected chi connectivity index (χ3v) is 6.93. The van der Waals surface area contributed by atoms with Gasteiger partial charge in [-0.25, -0.2) is 9.59 Å². The van der Waals surface area contributed by atoms with Crippen molar-refractivity contribution >= 4 is 23.1 Å². The van der Waals surface area contributed by atoms with E-state index in [1.807, 2.05) is 18.2 Å². The van der Waals surface area contributed by atoms with Gasteiger partial charge in [0.15, 0.2) is 11.6 Å². The first kappa shape index (κ1) is 37.7. The molecule has 48 heavy (non-hydrogen) atoms. The van der Waals surface area contributed by atoms with Crippen LogP contribution in [0.25, 0.3) is 33.9 Å². The predicted molar refractivity (Wildman–Crippen MR) is 155 cm³/mol. The molecule has 0 saturated heterocycles. The summed E-state index contributed by atoms with van der Waals surface area (Å²) in [5.41, 5.74) is 4.07. The molecular weight excluding hydrogens is 665 g/mol. The fraction of sp³-hybridized carbons (Fsp3) is 0.333. The lowest BCUT2D eigenvalue weighted by Crippen LogP contribution is -2.21. The molecule has 2 aromatic carbocycles. The molecule has 3 aromatic rings. The minimum absolute atomic E-state index is 0.239. The van der Waals surface area contributed by atoms with E-state index in [9.17, 15) is 39.5 Å². The normalized spacial score (nSPS) is 15.2. The maximum absolute atomic E-state index is 14.0. The Kier molecular flexibility index (Phi) is 12.2. The second kappa shape index (κ2) is 15.5. The molecule has 9 nitrogen and oxygen atoms in total. The van der Waals surface area contributed by atoms with Crippen molar-refractivity contribution in [2.45, 2.75) is 31.4 Å². The third-order valence-electron chi connectivity index (χ3n) is 6.93. The summed E-state index contributed by atoms with van der Waals surface area (Å²) in [4.78, 5) is 17.8. The number of alkyl halides is 9. The maximum Gasteiger partial charge on any atom is 0.490 e. The van der Waals surface area contributed by atoms with Crippen LogP contribution in [0.1, 0.15) is 29.5 Å². The molecule has 0 spiro atoms. The van der Waals surface area contributed by atoms with Crippen LogP contribution in [0.3, 0.4) is 0 Å². The van der Waals surface area contributed by atoms with E-state index in [0.717, 1.165) is 30.6 Å². The van der Waals surface area contributed by atoms with Gasteiger partial charge < -0.3 is 25.4 Å². The van der Waals surface area contributed by atoms with Gasteiger partial charge in [0.2, 0.25) is 0 Å². The first-order chi connectivity index (χ1) is 22.3. The van der Waals surface area contributed by atoms with Gasteiger partial charge in [-0.2, -0.15) is 39.5 Å². The third kappa shape index (κ3) is 10.1. The molecule has 0 amide bonds. The van der Waals surface area contributed by atoms with E-state index < -0.39 is 36.0 Å². The number of carboxylic acids is 2. The first-order valence-corrected chi connectivity index (χ1v) is 13.9. The molecule has 18 heteroatoms. The monoisotopic (exact) mass is 693 g/mol. The highest BCUT2D eigenvalue weighted by molar-refractivity contribution is 5.75. The van der Waals surface area contributed by atoms with Crippen molar-refractivity contribution < 1.29 is 59.3 Å². The van der Waals surface area contributed by atoms with E-state index >= 15 is 0 Å². The molecule has 0 unspecified atom stereocenters.